The van der Waals surface area contributed by atoms with Gasteiger partial charge in [0.2, 0.25) is 15.8 Å². The molecule has 0 aliphatic carbocycles. The number of ketones is 1. The second-order valence-electron chi connectivity index (χ2n) is 7.49. The van der Waals surface area contributed by atoms with E-state index in [1.165, 1.54) is 34.6 Å². The van der Waals surface area contributed by atoms with Crippen molar-refractivity contribution < 1.29 is 36.6 Å². The van der Waals surface area contributed by atoms with Gasteiger partial charge in [0.15, 0.2) is 18.1 Å². The fraction of sp³-hybridized carbons (Fsp3) is 0.364. The molecule has 4 rings (SSSR count). The van der Waals surface area contributed by atoms with Gasteiger partial charge in [0.25, 0.3) is 0 Å². The molecule has 0 atom stereocenters. The zero-order valence-corrected chi connectivity index (χ0v) is 18.0. The zero-order chi connectivity index (χ0) is 22.7. The fourth-order valence-corrected chi connectivity index (χ4v) is 5.17. The fourth-order valence-electron chi connectivity index (χ4n) is 3.68. The monoisotopic (exact) mass is 463 g/mol. The largest absolute Gasteiger partial charge is 0.486 e. The first kappa shape index (κ1) is 22.2. The maximum absolute atomic E-state index is 13.7. The molecule has 0 spiro atoms. The average molecular weight is 463 g/mol. The molecule has 170 valence electrons. The number of piperidine rings is 1. The first-order chi connectivity index (χ1) is 15.4. The highest BCUT2D eigenvalue weighted by Gasteiger charge is 2.33. The van der Waals surface area contributed by atoms with Crippen molar-refractivity contribution in [1.82, 2.24) is 4.31 Å². The van der Waals surface area contributed by atoms with Crippen LogP contribution in [0.5, 0.6) is 11.5 Å². The van der Waals surface area contributed by atoms with Gasteiger partial charge in [0.1, 0.15) is 19.0 Å². The summed E-state index contributed by atoms with van der Waals surface area (Å²) in [5, 5.41) is 0. The predicted molar refractivity (Wildman–Crippen MR) is 111 cm³/mol. The van der Waals surface area contributed by atoms with Gasteiger partial charge in [-0.3, -0.25) is 9.59 Å². The zero-order valence-electron chi connectivity index (χ0n) is 17.2. The SMILES string of the molecule is O=C(COC(=O)C1CCN(S(=O)(=O)c2ccc3c(c2)OCCO3)CC1)c1ccccc1F. The van der Waals surface area contributed by atoms with E-state index in [4.69, 9.17) is 14.2 Å². The van der Waals surface area contributed by atoms with E-state index in [2.05, 4.69) is 0 Å². The predicted octanol–water partition coefficient (Wildman–Crippen LogP) is 2.42. The van der Waals surface area contributed by atoms with E-state index in [-0.39, 0.29) is 36.4 Å². The van der Waals surface area contributed by atoms with Gasteiger partial charge in [-0.05, 0) is 37.1 Å². The number of halogens is 1. The molecule has 0 amide bonds. The van der Waals surface area contributed by atoms with Crippen LogP contribution in [0.3, 0.4) is 0 Å². The van der Waals surface area contributed by atoms with Gasteiger partial charge in [-0.2, -0.15) is 4.31 Å². The molecular formula is C22H22FNO7S. The summed E-state index contributed by atoms with van der Waals surface area (Å²) in [6.45, 7) is 0.475. The van der Waals surface area contributed by atoms with Crippen molar-refractivity contribution in [2.24, 2.45) is 5.92 Å². The maximum Gasteiger partial charge on any atom is 0.309 e. The van der Waals surface area contributed by atoms with Crippen LogP contribution >= 0.6 is 0 Å². The number of carbonyl (C=O) groups excluding carboxylic acids is 2. The standard InChI is InChI=1S/C22H22FNO7S/c23-18-4-2-1-3-17(18)19(25)14-31-22(26)15-7-9-24(10-8-15)32(27,28)16-5-6-20-21(13-16)30-12-11-29-20/h1-6,13,15H,7-12,14H2. The Morgan fingerprint density at radius 3 is 2.44 bits per heavy atom. The Bertz CT molecular complexity index is 1130. The molecule has 2 heterocycles. The van der Waals surface area contributed by atoms with Gasteiger partial charge in [-0.15, -0.1) is 0 Å². The van der Waals surface area contributed by atoms with E-state index in [1.807, 2.05) is 0 Å². The Hall–Kier alpha value is -2.98. The number of fused-ring (bicyclic) bond motifs is 1. The Balaban J connectivity index is 1.33. The summed E-state index contributed by atoms with van der Waals surface area (Å²) in [6, 6.07) is 9.95. The Morgan fingerprint density at radius 2 is 1.72 bits per heavy atom. The highest BCUT2D eigenvalue weighted by Crippen LogP contribution is 2.34. The van der Waals surface area contributed by atoms with Crippen LogP contribution in [0, 0.1) is 11.7 Å². The van der Waals surface area contributed by atoms with Gasteiger partial charge < -0.3 is 14.2 Å². The summed E-state index contributed by atoms with van der Waals surface area (Å²) in [6.07, 6.45) is 0.521. The number of Topliss-reactive ketones (excluding diaryl/α,β-unsaturated/α-hetero) is 1. The van der Waals surface area contributed by atoms with E-state index in [1.54, 1.807) is 6.07 Å². The van der Waals surface area contributed by atoms with E-state index in [9.17, 15) is 22.4 Å². The van der Waals surface area contributed by atoms with E-state index in [0.717, 1.165) is 6.07 Å². The average Bonchev–Trinajstić information content (AvgIpc) is 2.82. The summed E-state index contributed by atoms with van der Waals surface area (Å²) < 4.78 is 56.9. The number of sulfonamides is 1. The van der Waals surface area contributed by atoms with Crippen LogP contribution in [0.1, 0.15) is 23.2 Å². The second-order valence-corrected chi connectivity index (χ2v) is 9.43. The molecule has 2 aliphatic heterocycles. The smallest absolute Gasteiger partial charge is 0.309 e. The molecule has 1 fully saturated rings. The molecule has 0 N–H and O–H groups in total. The van der Waals surface area contributed by atoms with E-state index >= 15 is 0 Å². The first-order valence-electron chi connectivity index (χ1n) is 10.2. The highest BCUT2D eigenvalue weighted by molar-refractivity contribution is 7.89. The van der Waals surface area contributed by atoms with Crippen molar-refractivity contribution >= 4 is 21.8 Å². The molecule has 32 heavy (non-hydrogen) atoms. The van der Waals surface area contributed by atoms with E-state index in [0.29, 0.717) is 24.7 Å². The second kappa shape index (κ2) is 9.25. The van der Waals surface area contributed by atoms with Gasteiger partial charge in [-0.1, -0.05) is 12.1 Å². The minimum atomic E-state index is -3.76. The molecule has 2 aromatic rings. The molecule has 0 bridgehead atoms. The van der Waals surface area contributed by atoms with Crippen molar-refractivity contribution in [3.05, 3.63) is 53.8 Å². The number of esters is 1. The normalized spacial score (nSPS) is 17.0. The van der Waals surface area contributed by atoms with Crippen molar-refractivity contribution in [1.29, 1.82) is 0 Å². The minimum absolute atomic E-state index is 0.0956. The highest BCUT2D eigenvalue weighted by atomic mass is 32.2. The van der Waals surface area contributed by atoms with Crippen LogP contribution in [0.25, 0.3) is 0 Å². The number of benzene rings is 2. The molecule has 1 saturated heterocycles. The molecule has 0 radical (unpaired) electrons. The summed E-state index contributed by atoms with van der Waals surface area (Å²) in [5.41, 5.74) is -0.138. The summed E-state index contributed by atoms with van der Waals surface area (Å²) in [5.74, 6) is -1.54. The number of hydrogen-bond donors (Lipinski definition) is 0. The van der Waals surface area contributed by atoms with Gasteiger partial charge in [0, 0.05) is 19.2 Å². The van der Waals surface area contributed by atoms with Gasteiger partial charge in [-0.25, -0.2) is 12.8 Å². The van der Waals surface area contributed by atoms with Crippen LogP contribution in [-0.4, -0.2) is 57.4 Å². The Labute approximate surface area is 184 Å². The van der Waals surface area contributed by atoms with Gasteiger partial charge >= 0.3 is 5.97 Å². The van der Waals surface area contributed by atoms with Crippen molar-refractivity contribution in [2.75, 3.05) is 32.9 Å². The van der Waals surface area contributed by atoms with Crippen molar-refractivity contribution in [3.8, 4) is 11.5 Å². The van der Waals surface area contributed by atoms with Crippen LogP contribution in [-0.2, 0) is 19.6 Å². The maximum atomic E-state index is 13.7. The topological polar surface area (TPSA) is 99.2 Å². The minimum Gasteiger partial charge on any atom is -0.486 e. The summed E-state index contributed by atoms with van der Waals surface area (Å²) in [4.78, 5) is 24.5. The lowest BCUT2D eigenvalue weighted by Gasteiger charge is -2.30. The molecule has 10 heteroatoms. The lowest BCUT2D eigenvalue weighted by Crippen LogP contribution is -2.40. The van der Waals surface area contributed by atoms with Crippen molar-refractivity contribution in [2.45, 2.75) is 17.7 Å². The molecule has 0 aromatic heterocycles. The Kier molecular flexibility index (Phi) is 6.43. The lowest BCUT2D eigenvalue weighted by atomic mass is 9.98. The molecule has 2 aromatic carbocycles. The quantitative estimate of drug-likeness (QED) is 0.479. The molecule has 2 aliphatic rings. The van der Waals surface area contributed by atoms with Crippen LogP contribution in [0.15, 0.2) is 47.4 Å². The van der Waals surface area contributed by atoms with E-state index < -0.39 is 40.1 Å². The van der Waals surface area contributed by atoms with Crippen LogP contribution < -0.4 is 9.47 Å². The van der Waals surface area contributed by atoms with Gasteiger partial charge in [0.05, 0.1) is 16.4 Å². The summed E-state index contributed by atoms with van der Waals surface area (Å²) >= 11 is 0. The summed E-state index contributed by atoms with van der Waals surface area (Å²) in [7, 11) is -3.76. The molecular weight excluding hydrogens is 441 g/mol. The molecule has 0 unspecified atom stereocenters. The third kappa shape index (κ3) is 4.61. The lowest BCUT2D eigenvalue weighted by molar-refractivity contribution is -0.148. The molecule has 8 nitrogen and oxygen atoms in total. The van der Waals surface area contributed by atoms with Crippen molar-refractivity contribution in [3.63, 3.8) is 0 Å². The van der Waals surface area contributed by atoms with Crippen LogP contribution in [0.2, 0.25) is 0 Å². The first-order valence-corrected chi connectivity index (χ1v) is 11.6. The number of nitrogens with zero attached hydrogens (tertiary/aromatic N) is 1. The number of hydrogen-bond acceptors (Lipinski definition) is 7. The molecule has 0 saturated carbocycles. The number of rotatable bonds is 6. The van der Waals surface area contributed by atoms with Crippen LogP contribution in [0.4, 0.5) is 4.39 Å². The Morgan fingerprint density at radius 1 is 1.03 bits per heavy atom. The number of ether oxygens (including phenoxy) is 3. The number of carbonyl (C=O) groups is 2. The third-order valence-electron chi connectivity index (χ3n) is 5.46. The third-order valence-corrected chi connectivity index (χ3v) is 7.35.